The number of allylic oxidation sites excluding steroid dienone is 1. The zero-order chi connectivity index (χ0) is 12.1. The van der Waals surface area contributed by atoms with Crippen LogP contribution in [0.25, 0.3) is 6.08 Å². The predicted octanol–water partition coefficient (Wildman–Crippen LogP) is 2.64. The van der Waals surface area contributed by atoms with Crippen LogP contribution in [0.4, 0.5) is 0 Å². The Bertz CT molecular complexity index is 432. The van der Waals surface area contributed by atoms with Crippen LogP contribution in [0.3, 0.4) is 0 Å². The van der Waals surface area contributed by atoms with Crippen molar-refractivity contribution < 1.29 is 14.3 Å². The van der Waals surface area contributed by atoms with Crippen molar-refractivity contribution in [2.45, 2.75) is 6.92 Å². The highest BCUT2D eigenvalue weighted by Crippen LogP contribution is 2.11. The second-order valence-corrected chi connectivity index (χ2v) is 3.56. The van der Waals surface area contributed by atoms with E-state index < -0.39 is 5.24 Å². The highest BCUT2D eigenvalue weighted by molar-refractivity contribution is 6.68. The van der Waals surface area contributed by atoms with E-state index in [4.69, 9.17) is 11.6 Å². The molecule has 0 radical (unpaired) electrons. The SMILES string of the molecule is COC(=O)c1ccc(/C=C(\C)C(=O)Cl)cc1. The van der Waals surface area contributed by atoms with Gasteiger partial charge in [-0.25, -0.2) is 4.79 Å². The van der Waals surface area contributed by atoms with Gasteiger partial charge >= 0.3 is 5.97 Å². The molecule has 0 aromatic heterocycles. The first-order valence-corrected chi connectivity index (χ1v) is 4.99. The molecule has 0 bridgehead atoms. The summed E-state index contributed by atoms with van der Waals surface area (Å²) in [6.45, 7) is 1.63. The van der Waals surface area contributed by atoms with Gasteiger partial charge in [0.15, 0.2) is 0 Å². The van der Waals surface area contributed by atoms with Gasteiger partial charge in [0.1, 0.15) is 0 Å². The summed E-state index contributed by atoms with van der Waals surface area (Å²) in [4.78, 5) is 21.9. The minimum atomic E-state index is -0.489. The molecule has 0 aliphatic heterocycles. The van der Waals surface area contributed by atoms with Crippen molar-refractivity contribution in [1.82, 2.24) is 0 Å². The summed E-state index contributed by atoms with van der Waals surface area (Å²) >= 11 is 5.30. The Morgan fingerprint density at radius 3 is 2.25 bits per heavy atom. The molecule has 0 spiro atoms. The summed E-state index contributed by atoms with van der Waals surface area (Å²) in [5, 5.41) is -0.489. The van der Waals surface area contributed by atoms with Gasteiger partial charge in [0.05, 0.1) is 12.7 Å². The highest BCUT2D eigenvalue weighted by Gasteiger charge is 2.04. The number of esters is 1. The molecule has 0 aliphatic rings. The Kier molecular flexibility index (Phi) is 4.26. The largest absolute Gasteiger partial charge is 0.465 e. The first-order valence-electron chi connectivity index (χ1n) is 4.61. The molecule has 0 unspecified atom stereocenters. The second-order valence-electron chi connectivity index (χ2n) is 3.21. The Morgan fingerprint density at radius 2 is 1.81 bits per heavy atom. The van der Waals surface area contributed by atoms with E-state index in [1.165, 1.54) is 7.11 Å². The van der Waals surface area contributed by atoms with Crippen molar-refractivity contribution >= 4 is 28.9 Å². The number of hydrogen-bond acceptors (Lipinski definition) is 3. The number of halogens is 1. The number of ether oxygens (including phenoxy) is 1. The average molecular weight is 239 g/mol. The second kappa shape index (κ2) is 5.47. The number of carbonyl (C=O) groups is 2. The fraction of sp³-hybridized carbons (Fsp3) is 0.167. The van der Waals surface area contributed by atoms with E-state index in [0.29, 0.717) is 11.1 Å². The lowest BCUT2D eigenvalue weighted by molar-refractivity contribution is -0.108. The summed E-state index contributed by atoms with van der Waals surface area (Å²) in [7, 11) is 1.33. The van der Waals surface area contributed by atoms with E-state index in [1.54, 1.807) is 37.3 Å². The van der Waals surface area contributed by atoms with Crippen molar-refractivity contribution in [1.29, 1.82) is 0 Å². The molecule has 1 aromatic rings. The fourth-order valence-corrected chi connectivity index (χ4v) is 1.19. The van der Waals surface area contributed by atoms with Crippen molar-refractivity contribution in [3.8, 4) is 0 Å². The van der Waals surface area contributed by atoms with Gasteiger partial charge in [-0.3, -0.25) is 4.79 Å². The number of benzene rings is 1. The monoisotopic (exact) mass is 238 g/mol. The van der Waals surface area contributed by atoms with E-state index in [1.807, 2.05) is 0 Å². The minimum absolute atomic E-state index is 0.388. The lowest BCUT2D eigenvalue weighted by atomic mass is 10.1. The minimum Gasteiger partial charge on any atom is -0.465 e. The zero-order valence-corrected chi connectivity index (χ0v) is 9.75. The van der Waals surface area contributed by atoms with Gasteiger partial charge in [-0.2, -0.15) is 0 Å². The average Bonchev–Trinajstić information content (AvgIpc) is 2.28. The quantitative estimate of drug-likeness (QED) is 0.462. The molecule has 0 saturated carbocycles. The lowest BCUT2D eigenvalue weighted by Gasteiger charge is -2.00. The molecule has 0 N–H and O–H groups in total. The fourth-order valence-electron chi connectivity index (χ4n) is 1.14. The molecule has 0 fully saturated rings. The molecule has 16 heavy (non-hydrogen) atoms. The van der Waals surface area contributed by atoms with Crippen molar-refractivity contribution in [3.63, 3.8) is 0 Å². The Labute approximate surface area is 98.7 Å². The third kappa shape index (κ3) is 3.21. The Hall–Kier alpha value is -1.61. The third-order valence-electron chi connectivity index (χ3n) is 2.02. The predicted molar refractivity (Wildman–Crippen MR) is 62.3 cm³/mol. The molecule has 84 valence electrons. The lowest BCUT2D eigenvalue weighted by Crippen LogP contribution is -2.00. The van der Waals surface area contributed by atoms with Gasteiger partial charge in [0, 0.05) is 5.57 Å². The summed E-state index contributed by atoms with van der Waals surface area (Å²) in [5.41, 5.74) is 1.72. The van der Waals surface area contributed by atoms with Gasteiger partial charge in [-0.05, 0) is 42.3 Å². The van der Waals surface area contributed by atoms with Crippen LogP contribution < -0.4 is 0 Å². The molecule has 4 heteroatoms. The maximum absolute atomic E-state index is 11.1. The van der Waals surface area contributed by atoms with E-state index in [0.717, 1.165) is 5.56 Å². The van der Waals surface area contributed by atoms with Crippen LogP contribution in [0.2, 0.25) is 0 Å². The molecule has 1 rings (SSSR count). The van der Waals surface area contributed by atoms with Gasteiger partial charge in [0.2, 0.25) is 5.24 Å². The van der Waals surface area contributed by atoms with Crippen LogP contribution in [0.5, 0.6) is 0 Å². The summed E-state index contributed by atoms with van der Waals surface area (Å²) in [6, 6.07) is 6.69. The van der Waals surface area contributed by atoms with Crippen LogP contribution in [-0.4, -0.2) is 18.3 Å². The van der Waals surface area contributed by atoms with Gasteiger partial charge in [0.25, 0.3) is 0 Å². The Balaban J connectivity index is 2.91. The van der Waals surface area contributed by atoms with Crippen molar-refractivity contribution in [2.75, 3.05) is 7.11 Å². The number of rotatable bonds is 3. The first-order chi connectivity index (χ1) is 7.54. The molecule has 0 atom stereocenters. The molecule has 0 amide bonds. The van der Waals surface area contributed by atoms with E-state index in [-0.39, 0.29) is 5.97 Å². The number of hydrogen-bond donors (Lipinski definition) is 0. The standard InChI is InChI=1S/C12H11ClO3/c1-8(11(13)14)7-9-3-5-10(6-4-9)12(15)16-2/h3-7H,1-2H3/b8-7+. The molecule has 0 heterocycles. The Morgan fingerprint density at radius 1 is 1.25 bits per heavy atom. The van der Waals surface area contributed by atoms with Gasteiger partial charge in [-0.15, -0.1) is 0 Å². The third-order valence-corrected chi connectivity index (χ3v) is 2.32. The normalized spacial score (nSPS) is 11.1. The van der Waals surface area contributed by atoms with Crippen molar-refractivity contribution in [3.05, 3.63) is 41.0 Å². The van der Waals surface area contributed by atoms with Crippen LogP contribution >= 0.6 is 11.6 Å². The zero-order valence-electron chi connectivity index (χ0n) is 8.99. The smallest absolute Gasteiger partial charge is 0.337 e. The molecule has 1 aromatic carbocycles. The molecular weight excluding hydrogens is 228 g/mol. The van der Waals surface area contributed by atoms with Gasteiger partial charge < -0.3 is 4.74 Å². The van der Waals surface area contributed by atoms with Crippen molar-refractivity contribution in [2.24, 2.45) is 0 Å². The molecule has 3 nitrogen and oxygen atoms in total. The van der Waals surface area contributed by atoms with Crippen LogP contribution in [0.1, 0.15) is 22.8 Å². The number of methoxy groups -OCH3 is 1. The van der Waals surface area contributed by atoms with Crippen LogP contribution in [0, 0.1) is 0 Å². The topological polar surface area (TPSA) is 43.4 Å². The summed E-state index contributed by atoms with van der Waals surface area (Å²) < 4.78 is 4.57. The first kappa shape index (κ1) is 12.5. The maximum Gasteiger partial charge on any atom is 0.337 e. The summed E-state index contributed by atoms with van der Waals surface area (Å²) in [6.07, 6.45) is 1.65. The highest BCUT2D eigenvalue weighted by atomic mass is 35.5. The van der Waals surface area contributed by atoms with E-state index in [2.05, 4.69) is 4.74 Å². The number of carbonyl (C=O) groups excluding carboxylic acids is 2. The van der Waals surface area contributed by atoms with E-state index >= 15 is 0 Å². The molecule has 0 saturated heterocycles. The van der Waals surface area contributed by atoms with E-state index in [9.17, 15) is 9.59 Å². The van der Waals surface area contributed by atoms with Crippen LogP contribution in [0.15, 0.2) is 29.8 Å². The maximum atomic E-state index is 11.1. The summed E-state index contributed by atoms with van der Waals surface area (Å²) in [5.74, 6) is -0.388. The molecular formula is C12H11ClO3. The van der Waals surface area contributed by atoms with Crippen LogP contribution in [-0.2, 0) is 9.53 Å². The molecule has 0 aliphatic carbocycles. The van der Waals surface area contributed by atoms with Gasteiger partial charge in [-0.1, -0.05) is 12.1 Å².